The van der Waals surface area contributed by atoms with Crippen LogP contribution in [0.3, 0.4) is 0 Å². The van der Waals surface area contributed by atoms with Crippen LogP contribution in [0, 0.1) is 0 Å². The standard InChI is InChI=1S/C78H66N4/c1-8-26-66(27-9-1)79(67-28-10-2-11-29-67)72-48-40-60(41-49-72)62-44-52-74(53-45-62)81(70-34-16-5-17-35-70)76-38-22-24-64(58-76)78(56-20-7-21-57-78)65-25-23-39-77(59-65)82(71-36-18-6-19-37-71)75-54-46-63(47-55-75)61-42-50-73(51-43-61)80(68-30-12-3-13-31-68)69-32-14-4-15-33-69/h1-5,8-18,22-55,58-59H,6-7,19-21,56-57H2. The molecule has 398 valence electrons. The van der Waals surface area contributed by atoms with Crippen LogP contribution in [0.25, 0.3) is 22.3 Å². The van der Waals surface area contributed by atoms with E-state index in [0.29, 0.717) is 0 Å². The maximum Gasteiger partial charge on any atom is 0.0464 e. The first-order valence-electron chi connectivity index (χ1n) is 29.1. The van der Waals surface area contributed by atoms with Crippen LogP contribution in [0.4, 0.5) is 62.6 Å². The van der Waals surface area contributed by atoms with Crippen LogP contribution >= 0.6 is 0 Å². The molecule has 4 heteroatoms. The molecule has 0 N–H and O–H groups in total. The van der Waals surface area contributed by atoms with Crippen molar-refractivity contribution in [1.82, 2.24) is 0 Å². The Morgan fingerprint density at radius 3 is 0.866 bits per heavy atom. The Labute approximate surface area is 484 Å². The van der Waals surface area contributed by atoms with Gasteiger partial charge in [0.1, 0.15) is 0 Å². The van der Waals surface area contributed by atoms with E-state index in [2.05, 4.69) is 335 Å². The number of anilines is 11. The van der Waals surface area contributed by atoms with Crippen molar-refractivity contribution < 1.29 is 0 Å². The third-order valence-corrected chi connectivity index (χ3v) is 16.5. The van der Waals surface area contributed by atoms with E-state index in [1.165, 1.54) is 64.0 Å². The SMILES string of the molecule is C1=CC(N(c2ccc(-c3ccc(N(c4ccccc4)c4ccccc4)cc3)cc2)c2cccc(C3(c4cccc(N(c5ccccc5)c5ccc(-c6ccc(N(c7ccccc7)c7ccccc7)cc6)cc5)c4)CCCCC3)c2)=CCC1. The Balaban J connectivity index is 0.801. The Bertz CT molecular complexity index is 3830. The van der Waals surface area contributed by atoms with Gasteiger partial charge in [-0.3, -0.25) is 0 Å². The molecule has 1 saturated carbocycles. The molecule has 0 unspecified atom stereocenters. The van der Waals surface area contributed by atoms with Crippen molar-refractivity contribution in [1.29, 1.82) is 0 Å². The molecule has 0 radical (unpaired) electrons. The van der Waals surface area contributed by atoms with E-state index in [-0.39, 0.29) is 5.41 Å². The number of nitrogens with zero attached hydrogens (tertiary/aromatic N) is 4. The average molecular weight is 1060 g/mol. The molecular weight excluding hydrogens is 993 g/mol. The minimum atomic E-state index is -0.158. The second-order valence-electron chi connectivity index (χ2n) is 21.6. The van der Waals surface area contributed by atoms with Crippen LogP contribution < -0.4 is 19.6 Å². The van der Waals surface area contributed by atoms with E-state index in [4.69, 9.17) is 0 Å². The van der Waals surface area contributed by atoms with Gasteiger partial charge in [0.25, 0.3) is 0 Å². The van der Waals surface area contributed by atoms with Crippen molar-refractivity contribution in [3.63, 3.8) is 0 Å². The molecule has 0 atom stereocenters. The van der Waals surface area contributed by atoms with Gasteiger partial charge >= 0.3 is 0 Å². The van der Waals surface area contributed by atoms with Crippen LogP contribution in [0.15, 0.2) is 321 Å². The summed E-state index contributed by atoms with van der Waals surface area (Å²) in [4.78, 5) is 9.51. The second-order valence-corrected chi connectivity index (χ2v) is 21.6. The minimum absolute atomic E-state index is 0.158. The van der Waals surface area contributed by atoms with E-state index in [0.717, 1.165) is 82.6 Å². The molecule has 0 aliphatic heterocycles. The van der Waals surface area contributed by atoms with Crippen molar-refractivity contribution in [2.24, 2.45) is 0 Å². The van der Waals surface area contributed by atoms with Gasteiger partial charge in [0.2, 0.25) is 0 Å². The smallest absolute Gasteiger partial charge is 0.0464 e. The van der Waals surface area contributed by atoms with Crippen LogP contribution in [0.1, 0.15) is 56.1 Å². The average Bonchev–Trinajstić information content (AvgIpc) is 3.62. The third-order valence-electron chi connectivity index (χ3n) is 16.5. The van der Waals surface area contributed by atoms with Crippen molar-refractivity contribution in [2.45, 2.75) is 50.4 Å². The summed E-state index contributed by atoms with van der Waals surface area (Å²) in [7, 11) is 0. The van der Waals surface area contributed by atoms with Crippen molar-refractivity contribution >= 4 is 62.6 Å². The number of rotatable bonds is 16. The van der Waals surface area contributed by atoms with Gasteiger partial charge in [-0.25, -0.2) is 0 Å². The molecule has 0 heterocycles. The van der Waals surface area contributed by atoms with Crippen molar-refractivity contribution in [3.05, 3.63) is 332 Å². The van der Waals surface area contributed by atoms with Crippen molar-refractivity contribution in [3.8, 4) is 22.3 Å². The fourth-order valence-corrected chi connectivity index (χ4v) is 12.4. The van der Waals surface area contributed by atoms with Gasteiger partial charge in [-0.2, -0.15) is 0 Å². The van der Waals surface area contributed by atoms with Crippen LogP contribution in [-0.4, -0.2) is 0 Å². The molecule has 0 spiro atoms. The summed E-state index contributed by atoms with van der Waals surface area (Å²) in [5.74, 6) is 0. The van der Waals surface area contributed by atoms with Gasteiger partial charge in [0, 0.05) is 73.7 Å². The molecule has 0 saturated heterocycles. The van der Waals surface area contributed by atoms with E-state index >= 15 is 0 Å². The van der Waals surface area contributed by atoms with Gasteiger partial charge in [-0.15, -0.1) is 0 Å². The predicted molar refractivity (Wildman–Crippen MR) is 347 cm³/mol. The van der Waals surface area contributed by atoms with Crippen molar-refractivity contribution in [2.75, 3.05) is 19.6 Å². The molecule has 4 nitrogen and oxygen atoms in total. The highest BCUT2D eigenvalue weighted by molar-refractivity contribution is 5.83. The fraction of sp³-hybridized carbons (Fsp3) is 0.103. The van der Waals surface area contributed by atoms with Gasteiger partial charge in [-0.1, -0.05) is 195 Å². The molecule has 13 rings (SSSR count). The predicted octanol–water partition coefficient (Wildman–Crippen LogP) is 22.1. The second kappa shape index (κ2) is 23.8. The molecule has 0 amide bonds. The first kappa shape index (κ1) is 51.5. The number of para-hydroxylation sites is 5. The zero-order valence-electron chi connectivity index (χ0n) is 46.3. The van der Waals surface area contributed by atoms with Crippen LogP contribution in [0.2, 0.25) is 0 Å². The zero-order chi connectivity index (χ0) is 54.9. The largest absolute Gasteiger partial charge is 0.311 e. The lowest BCUT2D eigenvalue weighted by molar-refractivity contribution is 0.346. The Morgan fingerprint density at radius 1 is 0.244 bits per heavy atom. The maximum atomic E-state index is 2.50. The number of hydrogen-bond acceptors (Lipinski definition) is 4. The molecule has 82 heavy (non-hydrogen) atoms. The van der Waals surface area contributed by atoms with Gasteiger partial charge in [0.15, 0.2) is 0 Å². The number of allylic oxidation sites excluding steroid dienone is 3. The molecule has 0 aromatic heterocycles. The normalized spacial score (nSPS) is 13.6. The first-order valence-corrected chi connectivity index (χ1v) is 29.1. The highest BCUT2D eigenvalue weighted by Gasteiger charge is 2.37. The highest BCUT2D eigenvalue weighted by Crippen LogP contribution is 2.49. The molecule has 2 aliphatic carbocycles. The van der Waals surface area contributed by atoms with E-state index in [1.54, 1.807) is 0 Å². The quantitative estimate of drug-likeness (QED) is 0.0956. The third kappa shape index (κ3) is 10.8. The van der Waals surface area contributed by atoms with Crippen LogP contribution in [-0.2, 0) is 5.41 Å². The summed E-state index contributed by atoms with van der Waals surface area (Å²) in [6.45, 7) is 0. The molecule has 0 bridgehead atoms. The molecule has 11 aromatic rings. The van der Waals surface area contributed by atoms with Crippen LogP contribution in [0.5, 0.6) is 0 Å². The van der Waals surface area contributed by atoms with Gasteiger partial charge in [-0.05, 0) is 199 Å². The highest BCUT2D eigenvalue weighted by atomic mass is 15.2. The zero-order valence-corrected chi connectivity index (χ0v) is 46.3. The van der Waals surface area contributed by atoms with Gasteiger partial charge in [0.05, 0.1) is 0 Å². The van der Waals surface area contributed by atoms with E-state index in [1.807, 2.05) is 0 Å². The summed E-state index contributed by atoms with van der Waals surface area (Å²) in [6.07, 6.45) is 14.9. The lowest BCUT2D eigenvalue weighted by Gasteiger charge is -2.40. The Morgan fingerprint density at radius 2 is 0.537 bits per heavy atom. The molecule has 2 aliphatic rings. The molecular formula is C78H66N4. The van der Waals surface area contributed by atoms with Gasteiger partial charge < -0.3 is 19.6 Å². The molecule has 1 fully saturated rings. The summed E-state index contributed by atoms with van der Waals surface area (Å²) in [6, 6.07) is 108. The summed E-state index contributed by atoms with van der Waals surface area (Å²) < 4.78 is 0. The molecule has 11 aromatic carbocycles. The Kier molecular flexibility index (Phi) is 15.0. The number of hydrogen-bond donors (Lipinski definition) is 0. The topological polar surface area (TPSA) is 13.0 Å². The maximum absolute atomic E-state index is 2.50. The minimum Gasteiger partial charge on any atom is -0.311 e. The van der Waals surface area contributed by atoms with E-state index in [9.17, 15) is 0 Å². The lowest BCUT2D eigenvalue weighted by atomic mass is 9.65. The summed E-state index contributed by atoms with van der Waals surface area (Å²) in [5, 5.41) is 0. The fourth-order valence-electron chi connectivity index (χ4n) is 12.4. The Hall–Kier alpha value is -9.90. The first-order chi connectivity index (χ1) is 40.6. The lowest BCUT2D eigenvalue weighted by Crippen LogP contribution is -2.31. The monoisotopic (exact) mass is 1060 g/mol. The number of benzene rings is 11. The summed E-state index contributed by atoms with van der Waals surface area (Å²) >= 11 is 0. The van der Waals surface area contributed by atoms with E-state index < -0.39 is 0 Å². The summed E-state index contributed by atoms with van der Waals surface area (Å²) in [5.41, 5.74) is 21.0.